The van der Waals surface area contributed by atoms with Gasteiger partial charge in [0, 0.05) is 39.3 Å². The van der Waals surface area contributed by atoms with Crippen molar-refractivity contribution in [2.75, 3.05) is 46.3 Å². The van der Waals surface area contributed by atoms with Gasteiger partial charge < -0.3 is 4.90 Å². The van der Waals surface area contributed by atoms with Gasteiger partial charge in [0.05, 0.1) is 0 Å². The van der Waals surface area contributed by atoms with Crippen molar-refractivity contribution >= 4 is 10.2 Å². The van der Waals surface area contributed by atoms with E-state index < -0.39 is 10.2 Å². The summed E-state index contributed by atoms with van der Waals surface area (Å²) in [6.07, 6.45) is 4.96. The van der Waals surface area contributed by atoms with E-state index in [9.17, 15) is 8.42 Å². The molecule has 3 rings (SSSR count). The zero-order valence-corrected chi connectivity index (χ0v) is 12.6. The van der Waals surface area contributed by atoms with Crippen molar-refractivity contribution in [3.05, 3.63) is 0 Å². The lowest BCUT2D eigenvalue weighted by Gasteiger charge is -2.43. The molecule has 2 saturated heterocycles. The average molecular weight is 287 g/mol. The Morgan fingerprint density at radius 1 is 0.895 bits per heavy atom. The van der Waals surface area contributed by atoms with Crippen LogP contribution in [0.4, 0.5) is 0 Å². The van der Waals surface area contributed by atoms with Gasteiger partial charge in [0.2, 0.25) is 0 Å². The third-order valence-electron chi connectivity index (χ3n) is 4.93. The van der Waals surface area contributed by atoms with Crippen LogP contribution in [0.15, 0.2) is 0 Å². The zero-order chi connectivity index (χ0) is 13.5. The summed E-state index contributed by atoms with van der Waals surface area (Å²) in [4.78, 5) is 2.19. The van der Waals surface area contributed by atoms with Crippen molar-refractivity contribution in [3.8, 4) is 0 Å². The molecule has 0 radical (unpaired) electrons. The second-order valence-corrected chi connectivity index (χ2v) is 8.35. The highest BCUT2D eigenvalue weighted by Crippen LogP contribution is 2.35. The van der Waals surface area contributed by atoms with Crippen LogP contribution in [0.2, 0.25) is 0 Å². The van der Waals surface area contributed by atoms with Gasteiger partial charge in [-0.2, -0.15) is 17.0 Å². The molecule has 0 spiro atoms. The molecular formula is C13H25N3O2S. The molecule has 0 amide bonds. The first kappa shape index (κ1) is 13.8. The number of fused-ring (bicyclic) bond motifs is 2. The molecule has 0 unspecified atom stereocenters. The van der Waals surface area contributed by atoms with Gasteiger partial charge in [-0.15, -0.1) is 0 Å². The molecule has 0 N–H and O–H groups in total. The molecule has 2 bridgehead atoms. The van der Waals surface area contributed by atoms with Crippen LogP contribution in [0.5, 0.6) is 0 Å². The standard InChI is InChI=1S/C13H25N3O2S/c1-14-5-7-15(8-6-14)19(17,18)16-10-12-3-2-4-13(9-12)11-16/h12-13H,2-11H2,1H3/t12-,13-/m0/s1. The maximum absolute atomic E-state index is 12.7. The minimum absolute atomic E-state index is 0.606. The highest BCUT2D eigenvalue weighted by Gasteiger charge is 2.39. The lowest BCUT2D eigenvalue weighted by molar-refractivity contribution is 0.132. The van der Waals surface area contributed by atoms with Gasteiger partial charge in [-0.25, -0.2) is 0 Å². The van der Waals surface area contributed by atoms with Crippen molar-refractivity contribution in [3.63, 3.8) is 0 Å². The number of piperazine rings is 1. The summed E-state index contributed by atoms with van der Waals surface area (Å²) in [5.41, 5.74) is 0. The summed E-state index contributed by atoms with van der Waals surface area (Å²) in [6.45, 7) is 4.49. The van der Waals surface area contributed by atoms with E-state index in [1.165, 1.54) is 25.7 Å². The molecule has 0 aromatic carbocycles. The number of nitrogens with zero attached hydrogens (tertiary/aromatic N) is 3. The predicted octanol–water partition coefficient (Wildman–Crippen LogP) is 0.601. The van der Waals surface area contributed by atoms with Crippen LogP contribution in [0, 0.1) is 11.8 Å². The Hall–Kier alpha value is -0.170. The van der Waals surface area contributed by atoms with E-state index in [-0.39, 0.29) is 0 Å². The predicted molar refractivity (Wildman–Crippen MR) is 75.0 cm³/mol. The molecule has 2 heterocycles. The van der Waals surface area contributed by atoms with Crippen LogP contribution < -0.4 is 0 Å². The van der Waals surface area contributed by atoms with Crippen LogP contribution in [-0.2, 0) is 10.2 Å². The number of rotatable bonds is 2. The minimum Gasteiger partial charge on any atom is -0.304 e. The Morgan fingerprint density at radius 3 is 2.05 bits per heavy atom. The maximum Gasteiger partial charge on any atom is 0.282 e. The van der Waals surface area contributed by atoms with Crippen molar-refractivity contribution in [1.82, 2.24) is 13.5 Å². The van der Waals surface area contributed by atoms with Gasteiger partial charge in [-0.1, -0.05) is 6.42 Å². The summed E-state index contributed by atoms with van der Waals surface area (Å²) in [5.74, 6) is 1.21. The molecule has 6 heteroatoms. The molecule has 2 atom stereocenters. The zero-order valence-electron chi connectivity index (χ0n) is 11.8. The number of piperidine rings is 1. The second kappa shape index (κ2) is 5.31. The van der Waals surface area contributed by atoms with Crippen LogP contribution in [-0.4, -0.2) is 68.2 Å². The smallest absolute Gasteiger partial charge is 0.282 e. The number of hydrogen-bond donors (Lipinski definition) is 0. The lowest BCUT2D eigenvalue weighted by atomic mass is 9.79. The Labute approximate surface area is 116 Å². The monoisotopic (exact) mass is 287 g/mol. The summed E-state index contributed by atoms with van der Waals surface area (Å²) in [5, 5.41) is 0. The normalized spacial score (nSPS) is 35.4. The third kappa shape index (κ3) is 2.82. The molecule has 110 valence electrons. The first-order valence-corrected chi connectivity index (χ1v) is 8.89. The van der Waals surface area contributed by atoms with E-state index in [4.69, 9.17) is 0 Å². The fraction of sp³-hybridized carbons (Fsp3) is 1.00. The topological polar surface area (TPSA) is 43.9 Å². The molecule has 5 nitrogen and oxygen atoms in total. The average Bonchev–Trinajstić information content (AvgIpc) is 2.38. The van der Waals surface area contributed by atoms with E-state index in [2.05, 4.69) is 11.9 Å². The molecule has 2 aliphatic heterocycles. The molecule has 0 aromatic rings. The molecule has 0 aromatic heterocycles. The molecule has 1 aliphatic carbocycles. The summed E-state index contributed by atoms with van der Waals surface area (Å²) < 4.78 is 28.9. The second-order valence-electron chi connectivity index (χ2n) is 6.43. The Morgan fingerprint density at radius 2 is 1.47 bits per heavy atom. The van der Waals surface area contributed by atoms with Crippen LogP contribution in [0.25, 0.3) is 0 Å². The summed E-state index contributed by atoms with van der Waals surface area (Å²) in [7, 11) is -1.16. The Kier molecular flexibility index (Phi) is 3.86. The first-order valence-electron chi connectivity index (χ1n) is 7.49. The summed E-state index contributed by atoms with van der Waals surface area (Å²) >= 11 is 0. The Bertz CT molecular complexity index is 406. The number of likely N-dealkylation sites (N-methyl/N-ethyl adjacent to an activating group) is 1. The van der Waals surface area contributed by atoms with Gasteiger partial charge in [-0.05, 0) is 38.1 Å². The molecule has 19 heavy (non-hydrogen) atoms. The van der Waals surface area contributed by atoms with Crippen LogP contribution in [0.1, 0.15) is 25.7 Å². The molecule has 3 aliphatic rings. The van der Waals surface area contributed by atoms with Gasteiger partial charge in [-0.3, -0.25) is 0 Å². The first-order chi connectivity index (χ1) is 9.05. The molecule has 3 fully saturated rings. The minimum atomic E-state index is -3.21. The van der Waals surface area contributed by atoms with Gasteiger partial charge in [0.15, 0.2) is 0 Å². The Balaban J connectivity index is 1.70. The van der Waals surface area contributed by atoms with Crippen molar-refractivity contribution in [1.29, 1.82) is 0 Å². The van der Waals surface area contributed by atoms with Crippen molar-refractivity contribution < 1.29 is 8.42 Å². The van der Waals surface area contributed by atoms with Crippen molar-refractivity contribution in [2.24, 2.45) is 11.8 Å². The molecule has 1 saturated carbocycles. The highest BCUT2D eigenvalue weighted by molar-refractivity contribution is 7.86. The lowest BCUT2D eigenvalue weighted by Crippen LogP contribution is -2.55. The van der Waals surface area contributed by atoms with Crippen LogP contribution >= 0.6 is 0 Å². The van der Waals surface area contributed by atoms with Gasteiger partial charge >= 0.3 is 0 Å². The largest absolute Gasteiger partial charge is 0.304 e. The summed E-state index contributed by atoms with van der Waals surface area (Å²) in [6, 6.07) is 0. The fourth-order valence-corrected chi connectivity index (χ4v) is 5.50. The maximum atomic E-state index is 12.7. The van der Waals surface area contributed by atoms with E-state index >= 15 is 0 Å². The van der Waals surface area contributed by atoms with E-state index in [0.29, 0.717) is 24.9 Å². The van der Waals surface area contributed by atoms with Crippen LogP contribution in [0.3, 0.4) is 0 Å². The van der Waals surface area contributed by atoms with Gasteiger partial charge in [0.1, 0.15) is 0 Å². The van der Waals surface area contributed by atoms with E-state index in [0.717, 1.165) is 26.2 Å². The van der Waals surface area contributed by atoms with Crippen molar-refractivity contribution in [2.45, 2.75) is 25.7 Å². The highest BCUT2D eigenvalue weighted by atomic mass is 32.2. The SMILES string of the molecule is CN1CCN(S(=O)(=O)N2C[C@H]3CCC[C@@H](C3)C2)CC1. The third-order valence-corrected chi connectivity index (χ3v) is 6.90. The fourth-order valence-electron chi connectivity index (χ4n) is 3.75. The quantitative estimate of drug-likeness (QED) is 0.747. The number of hydrogen-bond acceptors (Lipinski definition) is 3. The van der Waals surface area contributed by atoms with E-state index in [1.807, 2.05) is 0 Å². The molecular weight excluding hydrogens is 262 g/mol. The van der Waals surface area contributed by atoms with Gasteiger partial charge in [0.25, 0.3) is 10.2 Å². The van der Waals surface area contributed by atoms with E-state index in [1.54, 1.807) is 8.61 Å².